The molecule has 1 saturated heterocycles. The summed E-state index contributed by atoms with van der Waals surface area (Å²) in [5.74, 6) is -0.418. The largest absolute Gasteiger partial charge is 0.366 e. The van der Waals surface area contributed by atoms with E-state index >= 15 is 0 Å². The Kier molecular flexibility index (Phi) is 6.06. The number of nitrogens with one attached hydrogen (secondary N) is 2. The molecule has 1 aliphatic rings. The molecule has 1 aromatic carbocycles. The smallest absolute Gasteiger partial charge is 0.250 e. The van der Waals surface area contributed by atoms with E-state index < -0.39 is 11.7 Å². The van der Waals surface area contributed by atoms with Crippen LogP contribution in [-0.2, 0) is 0 Å². The molecule has 1 aliphatic heterocycles. The lowest BCUT2D eigenvalue weighted by Gasteiger charge is -2.22. The lowest BCUT2D eigenvalue weighted by Crippen LogP contribution is -2.29. The lowest BCUT2D eigenvalue weighted by molar-refractivity contribution is 0.100. The number of allylic oxidation sites excluding steroid dienone is 4. The maximum absolute atomic E-state index is 13.0. The third-order valence-corrected chi connectivity index (χ3v) is 5.13. The van der Waals surface area contributed by atoms with Gasteiger partial charge in [0.15, 0.2) is 0 Å². The summed E-state index contributed by atoms with van der Waals surface area (Å²) < 4.78 is 13.0. The molecule has 1 aromatic heterocycles. The molecule has 3 rings (SSSR count). The van der Waals surface area contributed by atoms with Crippen molar-refractivity contribution < 1.29 is 9.18 Å². The predicted octanol–water partition coefficient (Wildman–Crippen LogP) is 3.28. The zero-order valence-corrected chi connectivity index (χ0v) is 16.1. The van der Waals surface area contributed by atoms with Crippen LogP contribution < -0.4 is 16.4 Å². The minimum atomic E-state index is -0.664. The number of nitrogens with zero attached hydrogens (tertiary/aromatic N) is 2. The van der Waals surface area contributed by atoms with Crippen LogP contribution in [0.3, 0.4) is 0 Å². The van der Waals surface area contributed by atoms with Crippen molar-refractivity contribution in [1.82, 2.24) is 15.3 Å². The average Bonchev–Trinajstić information content (AvgIpc) is 3.13. The summed E-state index contributed by atoms with van der Waals surface area (Å²) in [6.07, 6.45) is 4.71. The van der Waals surface area contributed by atoms with E-state index in [1.54, 1.807) is 18.2 Å². The Labute approximate surface area is 167 Å². The van der Waals surface area contributed by atoms with Gasteiger partial charge in [0.2, 0.25) is 0 Å². The summed E-state index contributed by atoms with van der Waals surface area (Å²) in [7, 11) is 0. The quantitative estimate of drug-likeness (QED) is 0.646. The van der Waals surface area contributed by atoms with Crippen LogP contribution in [0.2, 0.25) is 0 Å². The van der Waals surface area contributed by atoms with Gasteiger partial charge in [-0.15, -0.1) is 0 Å². The van der Waals surface area contributed by atoms with Crippen molar-refractivity contribution in [2.75, 3.05) is 18.4 Å². The zero-order chi connectivity index (χ0) is 20.3. The molecule has 2 aromatic rings. The predicted molar refractivity (Wildman–Crippen MR) is 110 cm³/mol. The summed E-state index contributed by atoms with van der Waals surface area (Å²) in [6.45, 7) is 6.64. The fourth-order valence-corrected chi connectivity index (χ4v) is 3.37. The number of hydrogen-bond donors (Lipinski definition) is 3. The average molecular weight is 402 g/mol. The highest BCUT2D eigenvalue weighted by atomic mass is 35.5. The molecule has 2 heterocycles. The fraction of sp³-hybridized carbons (Fsp3) is 0.250. The van der Waals surface area contributed by atoms with Crippen molar-refractivity contribution in [3.8, 4) is 0 Å². The second kappa shape index (κ2) is 8.50. The maximum atomic E-state index is 13.0. The highest BCUT2D eigenvalue weighted by Gasteiger charge is 2.29. The number of benzene rings is 1. The standard InChI is InChI=1S/C20H21ClFN5O/c1-11(6-7-16(21)12(2)22)15-8-24-9-17(15)27-20-14-5-3-4-13(19(23)28)18(14)25-10-26-20/h3-7,10,15,17,24H,2,8-9H2,1H3,(H2,23,28)(H,25,26,27)/b11-6+,16-7+/t15-,17+/m1/s1. The highest BCUT2D eigenvalue weighted by molar-refractivity contribution is 6.31. The number of rotatable bonds is 6. The van der Waals surface area contributed by atoms with E-state index in [4.69, 9.17) is 17.3 Å². The number of aromatic nitrogens is 2. The SMILES string of the molecule is C=C(F)/C(Cl)=C\C=C(/C)[C@H]1CNC[C@@H]1Nc1ncnc2c(C(N)=O)cccc12. The molecule has 0 spiro atoms. The van der Waals surface area contributed by atoms with Crippen molar-refractivity contribution in [2.24, 2.45) is 11.7 Å². The molecule has 0 bridgehead atoms. The van der Waals surface area contributed by atoms with Crippen molar-refractivity contribution in [1.29, 1.82) is 0 Å². The van der Waals surface area contributed by atoms with Crippen LogP contribution in [0.25, 0.3) is 10.9 Å². The molecular weight excluding hydrogens is 381 g/mol. The molecule has 4 N–H and O–H groups in total. The van der Waals surface area contributed by atoms with Crippen LogP contribution >= 0.6 is 11.6 Å². The first-order valence-corrected chi connectivity index (χ1v) is 9.15. The van der Waals surface area contributed by atoms with Gasteiger partial charge in [-0.05, 0) is 25.1 Å². The van der Waals surface area contributed by atoms with Crippen molar-refractivity contribution in [3.63, 3.8) is 0 Å². The second-order valence-electron chi connectivity index (χ2n) is 6.63. The number of fused-ring (bicyclic) bond motifs is 1. The minimum absolute atomic E-state index is 0.0180. The van der Waals surface area contributed by atoms with Gasteiger partial charge < -0.3 is 16.4 Å². The number of carbonyl (C=O) groups is 1. The normalized spacial score (nSPS) is 20.4. The molecule has 0 radical (unpaired) electrons. The van der Waals surface area contributed by atoms with Gasteiger partial charge in [0, 0.05) is 30.4 Å². The third-order valence-electron chi connectivity index (χ3n) is 4.80. The van der Waals surface area contributed by atoms with E-state index in [1.807, 2.05) is 13.0 Å². The first kappa shape index (κ1) is 20.0. The molecule has 28 heavy (non-hydrogen) atoms. The first-order chi connectivity index (χ1) is 13.4. The molecular formula is C20H21ClFN5O. The van der Waals surface area contributed by atoms with E-state index in [9.17, 15) is 9.18 Å². The Morgan fingerprint density at radius 1 is 1.39 bits per heavy atom. The number of anilines is 1. The molecule has 1 fully saturated rings. The van der Waals surface area contributed by atoms with Crippen molar-refractivity contribution >= 4 is 34.2 Å². The summed E-state index contributed by atoms with van der Waals surface area (Å²) in [5, 5.41) is 7.49. The van der Waals surface area contributed by atoms with Crippen LogP contribution in [0.1, 0.15) is 17.3 Å². The summed E-state index contributed by atoms with van der Waals surface area (Å²) in [4.78, 5) is 20.2. The number of hydrogen-bond acceptors (Lipinski definition) is 5. The molecule has 0 saturated carbocycles. The number of nitrogens with two attached hydrogens (primary N) is 1. The van der Waals surface area contributed by atoms with Crippen LogP contribution in [0.15, 0.2) is 59.7 Å². The van der Waals surface area contributed by atoms with Gasteiger partial charge in [-0.25, -0.2) is 14.4 Å². The van der Waals surface area contributed by atoms with E-state index in [0.717, 1.165) is 24.0 Å². The summed E-state index contributed by atoms with van der Waals surface area (Å²) in [5.41, 5.74) is 7.35. The highest BCUT2D eigenvalue weighted by Crippen LogP contribution is 2.27. The van der Waals surface area contributed by atoms with Crippen LogP contribution in [0.4, 0.5) is 10.2 Å². The van der Waals surface area contributed by atoms with E-state index in [1.165, 1.54) is 12.4 Å². The summed E-state index contributed by atoms with van der Waals surface area (Å²) >= 11 is 5.79. The van der Waals surface area contributed by atoms with Gasteiger partial charge >= 0.3 is 0 Å². The molecule has 1 amide bonds. The van der Waals surface area contributed by atoms with E-state index in [-0.39, 0.29) is 17.0 Å². The molecule has 2 atom stereocenters. The van der Waals surface area contributed by atoms with Gasteiger partial charge in [0.25, 0.3) is 5.91 Å². The number of amides is 1. The Morgan fingerprint density at radius 3 is 2.89 bits per heavy atom. The van der Waals surface area contributed by atoms with Gasteiger partial charge in [0.1, 0.15) is 18.0 Å². The van der Waals surface area contributed by atoms with Crippen LogP contribution in [0.5, 0.6) is 0 Å². The third kappa shape index (κ3) is 4.21. The minimum Gasteiger partial charge on any atom is -0.366 e. The fourth-order valence-electron chi connectivity index (χ4n) is 3.30. The van der Waals surface area contributed by atoms with Crippen LogP contribution in [0, 0.1) is 5.92 Å². The lowest BCUT2D eigenvalue weighted by atomic mass is 9.94. The zero-order valence-electron chi connectivity index (χ0n) is 15.4. The monoisotopic (exact) mass is 401 g/mol. The van der Waals surface area contributed by atoms with Crippen LogP contribution in [-0.4, -0.2) is 35.0 Å². The Hall–Kier alpha value is -2.77. The maximum Gasteiger partial charge on any atom is 0.250 e. The number of halogens is 2. The Bertz CT molecular complexity index is 988. The van der Waals surface area contributed by atoms with Gasteiger partial charge in [-0.1, -0.05) is 35.9 Å². The number of carbonyl (C=O) groups excluding carboxylic acids is 1. The Balaban J connectivity index is 1.88. The van der Waals surface area contributed by atoms with Crippen molar-refractivity contribution in [2.45, 2.75) is 13.0 Å². The molecule has 6 nitrogen and oxygen atoms in total. The summed E-state index contributed by atoms with van der Waals surface area (Å²) in [6, 6.07) is 5.29. The molecule has 0 aliphatic carbocycles. The molecule has 8 heteroatoms. The van der Waals surface area contributed by atoms with Gasteiger partial charge in [0.05, 0.1) is 16.1 Å². The van der Waals surface area contributed by atoms with E-state index in [2.05, 4.69) is 27.2 Å². The topological polar surface area (TPSA) is 92.9 Å². The van der Waals surface area contributed by atoms with Gasteiger partial charge in [-0.2, -0.15) is 0 Å². The Morgan fingerprint density at radius 2 is 2.18 bits per heavy atom. The number of primary amides is 1. The van der Waals surface area contributed by atoms with Gasteiger partial charge in [-0.3, -0.25) is 4.79 Å². The molecule has 0 unspecified atom stereocenters. The number of para-hydroxylation sites is 1. The molecule has 146 valence electrons. The van der Waals surface area contributed by atoms with E-state index in [0.29, 0.717) is 16.9 Å². The first-order valence-electron chi connectivity index (χ1n) is 8.78. The van der Waals surface area contributed by atoms with Crippen molar-refractivity contribution in [3.05, 3.63) is 65.3 Å². The second-order valence-corrected chi connectivity index (χ2v) is 7.04.